The predicted octanol–water partition coefficient (Wildman–Crippen LogP) is 4.43. The number of nitro groups is 1. The van der Waals surface area contributed by atoms with Crippen molar-refractivity contribution < 1.29 is 9.72 Å². The predicted molar refractivity (Wildman–Crippen MR) is 92.3 cm³/mol. The summed E-state index contributed by atoms with van der Waals surface area (Å²) in [5.74, 6) is -0.519. The second-order valence-electron chi connectivity index (χ2n) is 4.29. The molecule has 0 bridgehead atoms. The summed E-state index contributed by atoms with van der Waals surface area (Å²) in [6.07, 6.45) is 1.29. The van der Waals surface area contributed by atoms with Crippen LogP contribution in [0.4, 0.5) is 5.69 Å². The van der Waals surface area contributed by atoms with Gasteiger partial charge in [-0.05, 0) is 40.2 Å². The molecular weight excluding hydrogens is 409 g/mol. The standard InChI is InChI=1S/C14H8BrCl2N3O3/c15-11-4-1-8(5-13(11)20(22)23)7-18-19-14(21)10-3-2-9(16)6-12(10)17/h1-7H,(H,19,21). The van der Waals surface area contributed by atoms with E-state index in [-0.39, 0.29) is 16.3 Å². The molecule has 0 spiro atoms. The van der Waals surface area contributed by atoms with Crippen molar-refractivity contribution in [2.24, 2.45) is 5.10 Å². The normalized spacial score (nSPS) is 10.7. The molecule has 0 atom stereocenters. The molecule has 0 aromatic heterocycles. The van der Waals surface area contributed by atoms with E-state index < -0.39 is 10.8 Å². The Morgan fingerprint density at radius 2 is 2.00 bits per heavy atom. The molecule has 9 heteroatoms. The van der Waals surface area contributed by atoms with E-state index in [9.17, 15) is 14.9 Å². The molecule has 118 valence electrons. The average molecular weight is 417 g/mol. The second kappa shape index (κ2) is 7.54. The van der Waals surface area contributed by atoms with Crippen molar-refractivity contribution in [3.63, 3.8) is 0 Å². The number of amides is 1. The minimum absolute atomic E-state index is 0.0963. The molecule has 1 amide bonds. The quantitative estimate of drug-likeness (QED) is 0.454. The molecule has 0 heterocycles. The van der Waals surface area contributed by atoms with E-state index in [1.807, 2.05) is 0 Å². The maximum atomic E-state index is 11.9. The molecule has 0 saturated carbocycles. The van der Waals surface area contributed by atoms with Crippen LogP contribution in [0.15, 0.2) is 46.0 Å². The summed E-state index contributed by atoms with van der Waals surface area (Å²) >= 11 is 14.8. The van der Waals surface area contributed by atoms with Crippen LogP contribution < -0.4 is 5.43 Å². The summed E-state index contributed by atoms with van der Waals surface area (Å²) in [5, 5.41) is 15.2. The number of nitrogens with zero attached hydrogens (tertiary/aromatic N) is 2. The molecule has 2 aromatic carbocycles. The Morgan fingerprint density at radius 3 is 2.65 bits per heavy atom. The summed E-state index contributed by atoms with van der Waals surface area (Å²) in [6.45, 7) is 0. The number of nitrogens with one attached hydrogen (secondary N) is 1. The van der Waals surface area contributed by atoms with Gasteiger partial charge in [-0.3, -0.25) is 14.9 Å². The van der Waals surface area contributed by atoms with Crippen LogP contribution in [0.1, 0.15) is 15.9 Å². The fourth-order valence-electron chi connectivity index (χ4n) is 1.65. The molecule has 0 aliphatic rings. The Morgan fingerprint density at radius 1 is 1.26 bits per heavy atom. The molecule has 0 unspecified atom stereocenters. The van der Waals surface area contributed by atoms with Gasteiger partial charge in [0.1, 0.15) is 0 Å². The number of carbonyl (C=O) groups excluding carboxylic acids is 1. The Bertz CT molecular complexity index is 812. The van der Waals surface area contributed by atoms with Gasteiger partial charge in [-0.25, -0.2) is 5.43 Å². The lowest BCUT2D eigenvalue weighted by Crippen LogP contribution is -2.18. The fourth-order valence-corrected chi connectivity index (χ4v) is 2.53. The third kappa shape index (κ3) is 4.51. The van der Waals surface area contributed by atoms with Gasteiger partial charge in [0.05, 0.1) is 26.2 Å². The molecule has 0 fully saturated rings. The number of halogens is 3. The van der Waals surface area contributed by atoms with Crippen molar-refractivity contribution in [2.75, 3.05) is 0 Å². The number of hydrazone groups is 1. The summed E-state index contributed by atoms with van der Waals surface area (Å²) in [5.41, 5.74) is 2.87. The van der Waals surface area contributed by atoms with Crippen LogP contribution in [0.2, 0.25) is 10.0 Å². The number of hydrogen-bond donors (Lipinski definition) is 1. The van der Waals surface area contributed by atoms with Crippen molar-refractivity contribution in [2.45, 2.75) is 0 Å². The first kappa shape index (κ1) is 17.4. The van der Waals surface area contributed by atoms with Crippen molar-refractivity contribution >= 4 is 56.9 Å². The Hall–Kier alpha value is -1.96. The molecule has 2 aromatic rings. The third-order valence-corrected chi connectivity index (χ3v) is 3.94. The third-order valence-electron chi connectivity index (χ3n) is 2.72. The lowest BCUT2D eigenvalue weighted by atomic mass is 10.2. The van der Waals surface area contributed by atoms with E-state index in [2.05, 4.69) is 26.5 Å². The van der Waals surface area contributed by atoms with Crippen molar-refractivity contribution in [3.05, 3.63) is 72.2 Å². The second-order valence-corrected chi connectivity index (χ2v) is 5.99. The number of rotatable bonds is 4. The molecule has 6 nitrogen and oxygen atoms in total. The van der Waals surface area contributed by atoms with Gasteiger partial charge in [0.15, 0.2) is 0 Å². The number of nitro benzene ring substituents is 1. The highest BCUT2D eigenvalue weighted by Gasteiger charge is 2.12. The SMILES string of the molecule is O=C(NN=Cc1ccc(Br)c([N+](=O)[O-])c1)c1ccc(Cl)cc1Cl. The first-order chi connectivity index (χ1) is 10.9. The molecule has 0 radical (unpaired) electrons. The molecule has 23 heavy (non-hydrogen) atoms. The molecule has 1 N–H and O–H groups in total. The smallest absolute Gasteiger partial charge is 0.267 e. The van der Waals surface area contributed by atoms with E-state index >= 15 is 0 Å². The van der Waals surface area contributed by atoms with Crippen LogP contribution in [-0.4, -0.2) is 17.0 Å². The Kier molecular flexibility index (Phi) is 5.70. The largest absolute Gasteiger partial charge is 0.284 e. The zero-order valence-electron chi connectivity index (χ0n) is 11.3. The van der Waals surface area contributed by atoms with E-state index in [0.29, 0.717) is 15.1 Å². The van der Waals surface area contributed by atoms with Crippen molar-refractivity contribution in [1.29, 1.82) is 0 Å². The summed E-state index contributed by atoms with van der Waals surface area (Å²) in [7, 11) is 0. The minimum atomic E-state index is -0.520. The lowest BCUT2D eigenvalue weighted by Gasteiger charge is -2.03. The van der Waals surface area contributed by atoms with Crippen LogP contribution in [0.25, 0.3) is 0 Å². The summed E-state index contributed by atoms with van der Waals surface area (Å²) in [4.78, 5) is 22.2. The van der Waals surface area contributed by atoms with Gasteiger partial charge in [0.2, 0.25) is 0 Å². The van der Waals surface area contributed by atoms with Gasteiger partial charge in [0, 0.05) is 16.7 Å². The van der Waals surface area contributed by atoms with E-state index in [0.717, 1.165) is 0 Å². The highest BCUT2D eigenvalue weighted by molar-refractivity contribution is 9.10. The highest BCUT2D eigenvalue weighted by Crippen LogP contribution is 2.25. The Balaban J connectivity index is 2.11. The summed E-state index contributed by atoms with van der Waals surface area (Å²) < 4.78 is 0.358. The highest BCUT2D eigenvalue weighted by atomic mass is 79.9. The van der Waals surface area contributed by atoms with Gasteiger partial charge in [0.25, 0.3) is 11.6 Å². The molecule has 0 aliphatic carbocycles. The van der Waals surface area contributed by atoms with Gasteiger partial charge >= 0.3 is 0 Å². The minimum Gasteiger partial charge on any atom is -0.267 e. The van der Waals surface area contributed by atoms with E-state index in [4.69, 9.17) is 23.2 Å². The van der Waals surface area contributed by atoms with Gasteiger partial charge in [-0.1, -0.05) is 29.3 Å². The summed E-state index contributed by atoms with van der Waals surface area (Å²) in [6, 6.07) is 8.92. The number of carbonyl (C=O) groups is 1. The number of benzene rings is 2. The zero-order valence-corrected chi connectivity index (χ0v) is 14.4. The van der Waals surface area contributed by atoms with Crippen LogP contribution >= 0.6 is 39.1 Å². The topological polar surface area (TPSA) is 84.6 Å². The first-order valence-corrected chi connectivity index (χ1v) is 7.66. The molecule has 2 rings (SSSR count). The van der Waals surface area contributed by atoms with Crippen LogP contribution in [0, 0.1) is 10.1 Å². The van der Waals surface area contributed by atoms with Crippen LogP contribution in [0.3, 0.4) is 0 Å². The molecular formula is C14H8BrCl2N3O3. The van der Waals surface area contributed by atoms with Gasteiger partial charge in [-0.2, -0.15) is 5.10 Å². The van der Waals surface area contributed by atoms with E-state index in [1.165, 1.54) is 36.5 Å². The Labute approximate surface area is 149 Å². The van der Waals surface area contributed by atoms with Crippen LogP contribution in [-0.2, 0) is 0 Å². The van der Waals surface area contributed by atoms with Crippen molar-refractivity contribution in [3.8, 4) is 0 Å². The zero-order chi connectivity index (χ0) is 17.0. The van der Waals surface area contributed by atoms with Gasteiger partial charge in [-0.15, -0.1) is 0 Å². The maximum absolute atomic E-state index is 11.9. The lowest BCUT2D eigenvalue weighted by molar-refractivity contribution is -0.385. The number of hydrogen-bond acceptors (Lipinski definition) is 4. The molecule has 0 saturated heterocycles. The average Bonchev–Trinajstić information content (AvgIpc) is 2.48. The van der Waals surface area contributed by atoms with E-state index in [1.54, 1.807) is 6.07 Å². The van der Waals surface area contributed by atoms with Crippen LogP contribution in [0.5, 0.6) is 0 Å². The molecule has 0 aliphatic heterocycles. The van der Waals surface area contributed by atoms with Crippen molar-refractivity contribution in [1.82, 2.24) is 5.43 Å². The maximum Gasteiger partial charge on any atom is 0.284 e. The van der Waals surface area contributed by atoms with Gasteiger partial charge < -0.3 is 0 Å². The first-order valence-electron chi connectivity index (χ1n) is 6.11. The monoisotopic (exact) mass is 415 g/mol. The fraction of sp³-hybridized carbons (Fsp3) is 0.